The second kappa shape index (κ2) is 12.4. The zero-order valence-electron chi connectivity index (χ0n) is 23.5. The van der Waals surface area contributed by atoms with Crippen LogP contribution >= 0.6 is 11.6 Å². The zero-order chi connectivity index (χ0) is 31.8. The van der Waals surface area contributed by atoms with Crippen LogP contribution in [0.2, 0.25) is 5.02 Å². The smallest absolute Gasteiger partial charge is 0.475 e. The van der Waals surface area contributed by atoms with Crippen LogP contribution in [-0.2, 0) is 31.4 Å². The van der Waals surface area contributed by atoms with Crippen LogP contribution in [-0.4, -0.2) is 61.6 Å². The fraction of sp³-hybridized carbons (Fsp3) is 0.379. The van der Waals surface area contributed by atoms with Gasteiger partial charge in [-0.1, -0.05) is 41.9 Å². The van der Waals surface area contributed by atoms with Gasteiger partial charge >= 0.3 is 17.8 Å². The first-order chi connectivity index (χ1) is 20.9. The Morgan fingerprint density at radius 3 is 2.43 bits per heavy atom. The number of benzene rings is 2. The molecular formula is C29H29ClF4N6O4. The van der Waals surface area contributed by atoms with E-state index in [0.717, 1.165) is 41.7 Å². The molecule has 234 valence electrons. The fourth-order valence-corrected chi connectivity index (χ4v) is 5.90. The highest BCUT2D eigenvalue weighted by molar-refractivity contribution is 6.31. The largest absolute Gasteiger partial charge is 0.490 e. The number of nitrogens with zero attached hydrogens (tertiary/aromatic N) is 5. The molecule has 0 aliphatic carbocycles. The number of nitrogens with one attached hydrogen (secondary N) is 1. The number of alkyl halides is 3. The van der Waals surface area contributed by atoms with E-state index in [-0.39, 0.29) is 17.4 Å². The molecule has 0 radical (unpaired) electrons. The average molecular weight is 637 g/mol. The van der Waals surface area contributed by atoms with Gasteiger partial charge in [-0.05, 0) is 48.1 Å². The Balaban J connectivity index is 0.000000493. The van der Waals surface area contributed by atoms with Gasteiger partial charge in [0.25, 0.3) is 5.56 Å². The molecule has 2 N–H and O–H groups in total. The Hall–Kier alpha value is -4.17. The van der Waals surface area contributed by atoms with E-state index in [1.54, 1.807) is 16.7 Å². The van der Waals surface area contributed by atoms with Crippen molar-refractivity contribution < 1.29 is 27.5 Å². The molecule has 0 amide bonds. The van der Waals surface area contributed by atoms with Gasteiger partial charge in [0.1, 0.15) is 5.82 Å². The van der Waals surface area contributed by atoms with Gasteiger partial charge in [0, 0.05) is 44.3 Å². The van der Waals surface area contributed by atoms with Gasteiger partial charge in [-0.15, -0.1) is 0 Å². The third-order valence-electron chi connectivity index (χ3n) is 7.98. The SMILES string of the molecule is Cn1c(=O)c2c(nc(N3CCC4CNCC43)n2Cc2ccccc2Cl)n(CCc2ccc(F)cc2)c1=O.O=C(O)C(F)(F)F. The summed E-state index contributed by atoms with van der Waals surface area (Å²) < 4.78 is 49.8. The first-order valence-electron chi connectivity index (χ1n) is 13.8. The third-order valence-corrected chi connectivity index (χ3v) is 8.35. The van der Waals surface area contributed by atoms with Crippen molar-refractivity contribution >= 4 is 34.7 Å². The molecule has 0 saturated carbocycles. The molecule has 44 heavy (non-hydrogen) atoms. The number of aromatic nitrogens is 4. The molecule has 2 fully saturated rings. The lowest BCUT2D eigenvalue weighted by Crippen LogP contribution is -2.39. The van der Waals surface area contributed by atoms with Crippen LogP contribution in [0.3, 0.4) is 0 Å². The minimum Gasteiger partial charge on any atom is -0.475 e. The van der Waals surface area contributed by atoms with E-state index in [1.807, 2.05) is 28.8 Å². The van der Waals surface area contributed by atoms with Crippen LogP contribution in [0.1, 0.15) is 17.5 Å². The van der Waals surface area contributed by atoms with Crippen molar-refractivity contribution in [3.8, 4) is 0 Å². The molecule has 0 spiro atoms. The van der Waals surface area contributed by atoms with Crippen molar-refractivity contribution in [3.63, 3.8) is 0 Å². The van der Waals surface area contributed by atoms with E-state index >= 15 is 0 Å². The number of fused-ring (bicyclic) bond motifs is 2. The maximum Gasteiger partial charge on any atom is 0.490 e. The lowest BCUT2D eigenvalue weighted by molar-refractivity contribution is -0.192. The number of rotatable bonds is 6. The second-order valence-corrected chi connectivity index (χ2v) is 11.1. The van der Waals surface area contributed by atoms with Gasteiger partial charge in [-0.2, -0.15) is 18.2 Å². The number of anilines is 1. The molecular weight excluding hydrogens is 608 g/mol. The van der Waals surface area contributed by atoms with Crippen LogP contribution in [0.25, 0.3) is 11.2 Å². The fourth-order valence-electron chi connectivity index (χ4n) is 5.70. The lowest BCUT2D eigenvalue weighted by Gasteiger charge is -2.25. The molecule has 0 bridgehead atoms. The Bertz CT molecular complexity index is 1800. The van der Waals surface area contributed by atoms with Crippen molar-refractivity contribution in [2.24, 2.45) is 13.0 Å². The molecule has 2 aliphatic rings. The Morgan fingerprint density at radius 1 is 1.09 bits per heavy atom. The maximum absolute atomic E-state index is 13.5. The number of imidazole rings is 1. The number of carbonyl (C=O) groups is 1. The predicted octanol–water partition coefficient (Wildman–Crippen LogP) is 3.41. The van der Waals surface area contributed by atoms with Crippen LogP contribution in [0.15, 0.2) is 58.1 Å². The minimum absolute atomic E-state index is 0.282. The van der Waals surface area contributed by atoms with E-state index in [9.17, 15) is 27.2 Å². The van der Waals surface area contributed by atoms with Crippen molar-refractivity contribution in [3.05, 3.63) is 91.3 Å². The standard InChI is InChI=1S/C27H28ClFN6O2.C2HF3O2/c1-32-25(36)23-24(34(27(32)37)12-10-17-6-8-20(29)9-7-17)31-26(33-13-11-18-14-30-15-22(18)33)35(23)16-19-4-2-3-5-21(19)28;3-2(4,5)1(6)7/h2-9,18,22,30H,10-16H2,1H3;(H,6,7). The highest BCUT2D eigenvalue weighted by Crippen LogP contribution is 2.33. The molecule has 2 unspecified atom stereocenters. The number of carboxylic acid groups (broad SMARTS) is 1. The molecule has 10 nitrogen and oxygen atoms in total. The Labute approximate surface area is 253 Å². The molecule has 2 atom stereocenters. The Morgan fingerprint density at radius 2 is 1.77 bits per heavy atom. The Kier molecular flexibility index (Phi) is 8.84. The summed E-state index contributed by atoms with van der Waals surface area (Å²) in [6.45, 7) is 3.33. The van der Waals surface area contributed by atoms with Crippen LogP contribution < -0.4 is 21.5 Å². The van der Waals surface area contributed by atoms with Gasteiger partial charge in [0.2, 0.25) is 5.95 Å². The van der Waals surface area contributed by atoms with Gasteiger partial charge in [0.05, 0.1) is 6.54 Å². The third kappa shape index (κ3) is 6.22. The molecule has 4 aromatic rings. The molecule has 2 aliphatic heterocycles. The number of aliphatic carboxylic acids is 1. The van der Waals surface area contributed by atoms with Crippen molar-refractivity contribution in [2.45, 2.75) is 38.1 Å². The van der Waals surface area contributed by atoms with Crippen LogP contribution in [0.4, 0.5) is 23.5 Å². The van der Waals surface area contributed by atoms with Crippen molar-refractivity contribution in [1.82, 2.24) is 24.0 Å². The first-order valence-corrected chi connectivity index (χ1v) is 14.2. The van der Waals surface area contributed by atoms with Gasteiger partial charge in [0.15, 0.2) is 11.2 Å². The van der Waals surface area contributed by atoms with Crippen LogP contribution in [0.5, 0.6) is 0 Å². The molecule has 2 aromatic carbocycles. The van der Waals surface area contributed by atoms with E-state index < -0.39 is 17.8 Å². The predicted molar refractivity (Wildman–Crippen MR) is 156 cm³/mol. The highest BCUT2D eigenvalue weighted by Gasteiger charge is 2.40. The van der Waals surface area contributed by atoms with Gasteiger partial charge in [-0.25, -0.2) is 14.0 Å². The molecule has 4 heterocycles. The molecule has 2 aromatic heterocycles. The summed E-state index contributed by atoms with van der Waals surface area (Å²) >= 11 is 6.53. The quantitative estimate of drug-likeness (QED) is 0.312. The summed E-state index contributed by atoms with van der Waals surface area (Å²) in [5.74, 6) is -1.85. The summed E-state index contributed by atoms with van der Waals surface area (Å²) in [4.78, 5) is 43.0. The summed E-state index contributed by atoms with van der Waals surface area (Å²) in [5, 5.41) is 11.2. The van der Waals surface area contributed by atoms with E-state index in [4.69, 9.17) is 26.5 Å². The van der Waals surface area contributed by atoms with Gasteiger partial charge < -0.3 is 15.3 Å². The summed E-state index contributed by atoms with van der Waals surface area (Å²) in [6.07, 6.45) is -3.54. The molecule has 2 saturated heterocycles. The lowest BCUT2D eigenvalue weighted by atomic mass is 10.1. The van der Waals surface area contributed by atoms with Gasteiger partial charge in [-0.3, -0.25) is 18.5 Å². The monoisotopic (exact) mass is 636 g/mol. The van der Waals surface area contributed by atoms with Crippen molar-refractivity contribution in [1.29, 1.82) is 0 Å². The van der Waals surface area contributed by atoms with E-state index in [1.165, 1.54) is 19.2 Å². The first kappa shape index (κ1) is 31.3. The average Bonchev–Trinajstić information content (AvgIpc) is 3.69. The highest BCUT2D eigenvalue weighted by atomic mass is 35.5. The summed E-state index contributed by atoms with van der Waals surface area (Å²) in [7, 11) is 1.50. The summed E-state index contributed by atoms with van der Waals surface area (Å²) in [6, 6.07) is 14.1. The number of halogens is 5. The van der Waals surface area contributed by atoms with E-state index in [2.05, 4.69) is 10.2 Å². The summed E-state index contributed by atoms with van der Waals surface area (Å²) in [5.41, 5.74) is 1.71. The van der Waals surface area contributed by atoms with E-state index in [0.29, 0.717) is 47.6 Å². The number of carboxylic acids is 1. The van der Waals surface area contributed by atoms with Crippen molar-refractivity contribution in [2.75, 3.05) is 24.5 Å². The second-order valence-electron chi connectivity index (χ2n) is 10.7. The van der Waals surface area contributed by atoms with Crippen LogP contribution in [0, 0.1) is 11.7 Å². The number of aryl methyl sites for hydroxylation is 2. The number of hydrogen-bond donors (Lipinski definition) is 2. The topological polar surface area (TPSA) is 114 Å². The maximum atomic E-state index is 13.5. The zero-order valence-corrected chi connectivity index (χ0v) is 24.3. The molecule has 6 rings (SSSR count). The minimum atomic E-state index is -5.08. The normalized spacial score (nSPS) is 17.9. The molecule has 15 heteroatoms. The number of hydrogen-bond acceptors (Lipinski definition) is 6.